The van der Waals surface area contributed by atoms with Crippen molar-refractivity contribution in [1.29, 1.82) is 0 Å². The van der Waals surface area contributed by atoms with Crippen LogP contribution in [0.5, 0.6) is 0 Å². The van der Waals surface area contributed by atoms with Gasteiger partial charge in [-0.1, -0.05) is 12.1 Å². The first-order chi connectivity index (χ1) is 15.7. The van der Waals surface area contributed by atoms with Crippen LogP contribution in [0.1, 0.15) is 21.7 Å². The fourth-order valence-corrected chi connectivity index (χ4v) is 3.90. The van der Waals surface area contributed by atoms with Gasteiger partial charge in [0, 0.05) is 63.1 Å². The van der Waals surface area contributed by atoms with Gasteiger partial charge in [-0.25, -0.2) is 9.97 Å². The Morgan fingerprint density at radius 1 is 0.906 bits per heavy atom. The molecule has 0 spiro atoms. The summed E-state index contributed by atoms with van der Waals surface area (Å²) in [6.45, 7) is 5.43. The molecule has 0 saturated carbocycles. The number of carbonyl (C=O) groups is 1. The largest absolute Gasteiger partial charge is 0.352 e. The quantitative estimate of drug-likeness (QED) is 0.484. The molecular formula is C23H24N8O. The number of nitrogens with zero attached hydrogens (tertiary/aromatic N) is 8. The number of benzene rings is 1. The van der Waals surface area contributed by atoms with Gasteiger partial charge >= 0.3 is 0 Å². The molecule has 9 heteroatoms. The van der Waals surface area contributed by atoms with Crippen molar-refractivity contribution in [3.05, 3.63) is 84.5 Å². The van der Waals surface area contributed by atoms with Gasteiger partial charge in [0.2, 0.25) is 0 Å². The van der Waals surface area contributed by atoms with Gasteiger partial charge in [-0.15, -0.1) is 10.2 Å². The fraction of sp³-hybridized carbons (Fsp3) is 0.261. The van der Waals surface area contributed by atoms with Gasteiger partial charge in [-0.3, -0.25) is 9.36 Å². The Morgan fingerprint density at radius 2 is 1.66 bits per heavy atom. The van der Waals surface area contributed by atoms with Crippen molar-refractivity contribution < 1.29 is 4.79 Å². The topological polar surface area (TPSA) is 85.0 Å². The molecule has 4 heterocycles. The third-order valence-corrected chi connectivity index (χ3v) is 5.73. The zero-order valence-electron chi connectivity index (χ0n) is 17.9. The summed E-state index contributed by atoms with van der Waals surface area (Å²) in [5.41, 5.74) is 1.85. The molecular weight excluding hydrogens is 404 g/mol. The minimum atomic E-state index is 0.0656. The van der Waals surface area contributed by atoms with Gasteiger partial charge in [0.05, 0.1) is 6.33 Å². The van der Waals surface area contributed by atoms with Crippen molar-refractivity contribution in [3.63, 3.8) is 0 Å². The fourth-order valence-electron chi connectivity index (χ4n) is 3.90. The summed E-state index contributed by atoms with van der Waals surface area (Å²) < 4.78 is 3.90. The predicted octanol–water partition coefficient (Wildman–Crippen LogP) is 2.18. The second kappa shape index (κ2) is 8.62. The van der Waals surface area contributed by atoms with Gasteiger partial charge in [-0.05, 0) is 36.8 Å². The average molecular weight is 429 g/mol. The maximum absolute atomic E-state index is 12.9. The molecule has 0 N–H and O–H groups in total. The van der Waals surface area contributed by atoms with E-state index in [0.717, 1.165) is 42.7 Å². The number of carbonyl (C=O) groups excluding carboxylic acids is 1. The third kappa shape index (κ3) is 4.09. The number of anilines is 1. The second-order valence-electron chi connectivity index (χ2n) is 7.81. The van der Waals surface area contributed by atoms with Gasteiger partial charge in [0.15, 0.2) is 11.6 Å². The maximum Gasteiger partial charge on any atom is 0.253 e. The number of hydrogen-bond acceptors (Lipinski definition) is 6. The van der Waals surface area contributed by atoms with Crippen LogP contribution in [-0.2, 0) is 6.54 Å². The summed E-state index contributed by atoms with van der Waals surface area (Å²) >= 11 is 0. The summed E-state index contributed by atoms with van der Waals surface area (Å²) in [6.07, 6.45) is 9.09. The van der Waals surface area contributed by atoms with E-state index in [-0.39, 0.29) is 5.91 Å². The highest BCUT2D eigenvalue weighted by Crippen LogP contribution is 2.17. The standard InChI is InChI=1S/C23H24N8O/c1-18-25-9-11-31(18)22-7-6-21(26-27-22)29-12-14-30(15-13-29)23(32)20-4-2-19(3-5-20)16-28-10-8-24-17-28/h2-11,17H,12-16H2,1H3. The van der Waals surface area contributed by atoms with Crippen LogP contribution in [0.2, 0.25) is 0 Å². The summed E-state index contributed by atoms with van der Waals surface area (Å²) in [5, 5.41) is 8.72. The molecule has 1 fully saturated rings. The van der Waals surface area contributed by atoms with Crippen LogP contribution < -0.4 is 4.90 Å². The molecule has 32 heavy (non-hydrogen) atoms. The van der Waals surface area contributed by atoms with E-state index in [1.54, 1.807) is 18.7 Å². The Bertz CT molecular complexity index is 1170. The minimum Gasteiger partial charge on any atom is -0.352 e. The van der Waals surface area contributed by atoms with E-state index < -0.39 is 0 Å². The molecule has 1 amide bonds. The van der Waals surface area contributed by atoms with Crippen LogP contribution in [0.4, 0.5) is 5.82 Å². The lowest BCUT2D eigenvalue weighted by molar-refractivity contribution is 0.0746. The van der Waals surface area contributed by atoms with E-state index in [4.69, 9.17) is 0 Å². The second-order valence-corrected chi connectivity index (χ2v) is 7.81. The van der Waals surface area contributed by atoms with Gasteiger partial charge in [-0.2, -0.15) is 0 Å². The summed E-state index contributed by atoms with van der Waals surface area (Å²) in [6, 6.07) is 11.7. The molecule has 4 aromatic rings. The molecule has 0 bridgehead atoms. The molecule has 1 aromatic carbocycles. The van der Waals surface area contributed by atoms with Gasteiger partial charge < -0.3 is 14.4 Å². The Kier molecular flexibility index (Phi) is 5.37. The van der Waals surface area contributed by atoms with Crippen LogP contribution in [-0.4, -0.2) is 66.3 Å². The molecule has 0 unspecified atom stereocenters. The highest BCUT2D eigenvalue weighted by atomic mass is 16.2. The Hall–Kier alpha value is -4.01. The van der Waals surface area contributed by atoms with Gasteiger partial charge in [0.1, 0.15) is 5.82 Å². The average Bonchev–Trinajstić information content (AvgIpc) is 3.51. The van der Waals surface area contributed by atoms with Crippen LogP contribution in [0.25, 0.3) is 5.82 Å². The highest BCUT2D eigenvalue weighted by Gasteiger charge is 2.23. The van der Waals surface area contributed by atoms with E-state index in [9.17, 15) is 4.79 Å². The van der Waals surface area contributed by atoms with E-state index in [0.29, 0.717) is 18.7 Å². The van der Waals surface area contributed by atoms with Crippen molar-refractivity contribution in [2.45, 2.75) is 13.5 Å². The number of aromatic nitrogens is 6. The van der Waals surface area contributed by atoms with Crippen molar-refractivity contribution in [1.82, 2.24) is 34.2 Å². The first kappa shape index (κ1) is 19.9. The summed E-state index contributed by atoms with van der Waals surface area (Å²) in [5.74, 6) is 2.50. The first-order valence-electron chi connectivity index (χ1n) is 10.6. The molecule has 162 valence electrons. The number of rotatable bonds is 5. The minimum absolute atomic E-state index is 0.0656. The lowest BCUT2D eigenvalue weighted by atomic mass is 10.1. The van der Waals surface area contributed by atoms with Crippen molar-refractivity contribution in [2.75, 3.05) is 31.1 Å². The zero-order valence-corrected chi connectivity index (χ0v) is 17.9. The SMILES string of the molecule is Cc1nccn1-c1ccc(N2CCN(C(=O)c3ccc(Cn4ccnc4)cc3)CC2)nn1. The summed E-state index contributed by atoms with van der Waals surface area (Å²) in [4.78, 5) is 25.3. The zero-order chi connectivity index (χ0) is 21.9. The molecule has 0 aliphatic carbocycles. The molecule has 9 nitrogen and oxygen atoms in total. The smallest absolute Gasteiger partial charge is 0.253 e. The van der Waals surface area contributed by atoms with Crippen LogP contribution in [0.15, 0.2) is 67.5 Å². The Morgan fingerprint density at radius 3 is 2.28 bits per heavy atom. The number of imidazole rings is 2. The maximum atomic E-state index is 12.9. The van der Waals surface area contributed by atoms with Crippen molar-refractivity contribution >= 4 is 11.7 Å². The van der Waals surface area contributed by atoms with Crippen molar-refractivity contribution in [3.8, 4) is 5.82 Å². The predicted molar refractivity (Wildman–Crippen MR) is 120 cm³/mol. The lowest BCUT2D eigenvalue weighted by Crippen LogP contribution is -2.49. The van der Waals surface area contributed by atoms with Gasteiger partial charge in [0.25, 0.3) is 5.91 Å². The molecule has 3 aromatic heterocycles. The van der Waals surface area contributed by atoms with E-state index in [2.05, 4.69) is 25.1 Å². The lowest BCUT2D eigenvalue weighted by Gasteiger charge is -2.35. The molecule has 1 saturated heterocycles. The Balaban J connectivity index is 1.18. The third-order valence-electron chi connectivity index (χ3n) is 5.73. The molecule has 0 radical (unpaired) electrons. The highest BCUT2D eigenvalue weighted by molar-refractivity contribution is 5.94. The Labute approximate surface area is 186 Å². The normalized spacial score (nSPS) is 14.0. The number of aryl methyl sites for hydroxylation is 1. The first-order valence-corrected chi connectivity index (χ1v) is 10.6. The molecule has 0 atom stereocenters. The monoisotopic (exact) mass is 428 g/mol. The molecule has 5 rings (SSSR count). The number of hydrogen-bond donors (Lipinski definition) is 0. The van der Waals surface area contributed by atoms with Crippen LogP contribution >= 0.6 is 0 Å². The molecule has 1 aliphatic heterocycles. The van der Waals surface area contributed by atoms with Crippen molar-refractivity contribution in [2.24, 2.45) is 0 Å². The number of piperazine rings is 1. The summed E-state index contributed by atoms with van der Waals surface area (Å²) in [7, 11) is 0. The van der Waals surface area contributed by atoms with E-state index in [1.807, 2.05) is 69.7 Å². The van der Waals surface area contributed by atoms with Crippen LogP contribution in [0.3, 0.4) is 0 Å². The van der Waals surface area contributed by atoms with Crippen LogP contribution in [0, 0.1) is 6.92 Å². The van der Waals surface area contributed by atoms with E-state index in [1.165, 1.54) is 0 Å². The van der Waals surface area contributed by atoms with E-state index >= 15 is 0 Å². The number of amides is 1. The molecule has 1 aliphatic rings.